The molecule has 0 radical (unpaired) electrons. The first kappa shape index (κ1) is 15.9. The van der Waals surface area contributed by atoms with Crippen molar-refractivity contribution in [1.82, 2.24) is 0 Å². The fourth-order valence-corrected chi connectivity index (χ4v) is 1.76. The van der Waals surface area contributed by atoms with Crippen LogP contribution in [0.2, 0.25) is 10.0 Å². The van der Waals surface area contributed by atoms with Gasteiger partial charge in [-0.1, -0.05) is 43.0 Å². The number of ether oxygens (including phenoxy) is 2. The normalized spacial score (nSPS) is 10.7. The summed E-state index contributed by atoms with van der Waals surface area (Å²) in [5, 5.41) is 0.908. The van der Waals surface area contributed by atoms with Crippen LogP contribution in [0.15, 0.2) is 30.5 Å². The van der Waals surface area contributed by atoms with Gasteiger partial charge in [0.05, 0.1) is 24.0 Å². The van der Waals surface area contributed by atoms with E-state index >= 15 is 0 Å². The van der Waals surface area contributed by atoms with Gasteiger partial charge in [0, 0.05) is 5.02 Å². The predicted octanol–water partition coefficient (Wildman–Crippen LogP) is 4.62. The molecule has 5 heteroatoms. The number of unbranched alkanes of at least 4 members (excludes halogenated alkanes) is 2. The van der Waals surface area contributed by atoms with Crippen LogP contribution >= 0.6 is 23.2 Å². The molecule has 1 aromatic carbocycles. The Hall–Kier alpha value is -1.19. The van der Waals surface area contributed by atoms with Crippen LogP contribution in [0.3, 0.4) is 0 Å². The van der Waals surface area contributed by atoms with Gasteiger partial charge in [-0.2, -0.15) is 0 Å². The average Bonchev–Trinajstić information content (AvgIpc) is 2.37. The molecule has 3 nitrogen and oxygen atoms in total. The molecule has 104 valence electrons. The minimum absolute atomic E-state index is 0.383. The van der Waals surface area contributed by atoms with Gasteiger partial charge in [0.15, 0.2) is 0 Å². The molecular weight excluding hydrogens is 287 g/mol. The van der Waals surface area contributed by atoms with Gasteiger partial charge in [0.1, 0.15) is 5.75 Å². The number of carbonyl (C=O) groups is 1. The molecule has 0 unspecified atom stereocenters. The smallest absolute Gasteiger partial charge is 0.333 e. The lowest BCUT2D eigenvalue weighted by Crippen LogP contribution is -2.02. The Bertz CT molecular complexity index is 444. The second-order valence-corrected chi connectivity index (χ2v) is 4.71. The van der Waals surface area contributed by atoms with E-state index in [2.05, 4.69) is 6.92 Å². The lowest BCUT2D eigenvalue weighted by molar-refractivity contribution is -0.137. The zero-order valence-corrected chi connectivity index (χ0v) is 12.2. The van der Waals surface area contributed by atoms with Crippen LogP contribution in [0.25, 0.3) is 0 Å². The van der Waals surface area contributed by atoms with Crippen molar-refractivity contribution in [3.63, 3.8) is 0 Å². The summed E-state index contributed by atoms with van der Waals surface area (Å²) in [5.74, 6) is 0.00212. The first-order chi connectivity index (χ1) is 9.13. The molecule has 0 spiro atoms. The van der Waals surface area contributed by atoms with E-state index in [1.54, 1.807) is 18.2 Å². The lowest BCUT2D eigenvalue weighted by Gasteiger charge is -2.03. The van der Waals surface area contributed by atoms with Crippen LogP contribution in [0, 0.1) is 0 Å². The summed E-state index contributed by atoms with van der Waals surface area (Å²) in [7, 11) is 0. The highest BCUT2D eigenvalue weighted by molar-refractivity contribution is 6.35. The quantitative estimate of drug-likeness (QED) is 0.319. The molecule has 0 N–H and O–H groups in total. The van der Waals surface area contributed by atoms with Crippen molar-refractivity contribution < 1.29 is 14.3 Å². The van der Waals surface area contributed by atoms with E-state index in [1.807, 2.05) is 0 Å². The van der Waals surface area contributed by atoms with Gasteiger partial charge in [0.2, 0.25) is 0 Å². The van der Waals surface area contributed by atoms with E-state index in [4.69, 9.17) is 32.7 Å². The van der Waals surface area contributed by atoms with Crippen LogP contribution in [-0.4, -0.2) is 12.6 Å². The molecule has 0 bridgehead atoms. The van der Waals surface area contributed by atoms with Gasteiger partial charge < -0.3 is 9.47 Å². The van der Waals surface area contributed by atoms with E-state index in [0.29, 0.717) is 22.4 Å². The maximum Gasteiger partial charge on any atom is 0.333 e. The van der Waals surface area contributed by atoms with E-state index in [1.165, 1.54) is 12.3 Å². The highest BCUT2D eigenvalue weighted by Gasteiger charge is 2.01. The van der Waals surface area contributed by atoms with E-state index in [9.17, 15) is 4.79 Å². The lowest BCUT2D eigenvalue weighted by atomic mass is 10.3. The van der Waals surface area contributed by atoms with Crippen molar-refractivity contribution >= 4 is 29.2 Å². The third-order valence-electron chi connectivity index (χ3n) is 2.29. The van der Waals surface area contributed by atoms with E-state index in [-0.39, 0.29) is 0 Å². The van der Waals surface area contributed by atoms with Crippen molar-refractivity contribution in [2.45, 2.75) is 26.2 Å². The largest absolute Gasteiger partial charge is 0.463 e. The van der Waals surface area contributed by atoms with Crippen LogP contribution in [-0.2, 0) is 9.53 Å². The van der Waals surface area contributed by atoms with Crippen molar-refractivity contribution in [2.24, 2.45) is 0 Å². The molecule has 0 saturated carbocycles. The van der Waals surface area contributed by atoms with Crippen LogP contribution < -0.4 is 4.74 Å². The molecule has 19 heavy (non-hydrogen) atoms. The number of carbonyl (C=O) groups excluding carboxylic acids is 1. The molecule has 0 amide bonds. The fraction of sp³-hybridized carbons (Fsp3) is 0.357. The van der Waals surface area contributed by atoms with Gasteiger partial charge in [-0.15, -0.1) is 0 Å². The molecule has 0 aliphatic rings. The van der Waals surface area contributed by atoms with Crippen molar-refractivity contribution in [2.75, 3.05) is 6.61 Å². The third-order valence-corrected chi connectivity index (χ3v) is 2.82. The summed E-state index contributed by atoms with van der Waals surface area (Å²) in [6.07, 6.45) is 5.48. The summed E-state index contributed by atoms with van der Waals surface area (Å²) in [5.41, 5.74) is 0. The first-order valence-electron chi connectivity index (χ1n) is 6.08. The van der Waals surface area contributed by atoms with Crippen molar-refractivity contribution in [1.29, 1.82) is 0 Å². The maximum atomic E-state index is 11.3. The Labute approximate surface area is 123 Å². The van der Waals surface area contributed by atoms with Gasteiger partial charge >= 0.3 is 5.97 Å². The van der Waals surface area contributed by atoms with Crippen LogP contribution in [0.5, 0.6) is 5.75 Å². The second-order valence-electron chi connectivity index (χ2n) is 3.87. The van der Waals surface area contributed by atoms with E-state index < -0.39 is 5.97 Å². The highest BCUT2D eigenvalue weighted by Crippen LogP contribution is 2.27. The zero-order chi connectivity index (χ0) is 14.1. The van der Waals surface area contributed by atoms with Crippen LogP contribution in [0.1, 0.15) is 26.2 Å². The number of rotatable bonds is 7. The molecule has 0 aliphatic heterocycles. The molecule has 0 aliphatic carbocycles. The first-order valence-corrected chi connectivity index (χ1v) is 6.84. The number of esters is 1. The van der Waals surface area contributed by atoms with Gasteiger partial charge in [-0.05, 0) is 24.6 Å². The maximum absolute atomic E-state index is 11.3. The summed E-state index contributed by atoms with van der Waals surface area (Å²) >= 11 is 11.7. The van der Waals surface area contributed by atoms with Gasteiger partial charge in [0.25, 0.3) is 0 Å². The number of hydrogen-bond donors (Lipinski definition) is 0. The van der Waals surface area contributed by atoms with E-state index in [0.717, 1.165) is 19.3 Å². The summed E-state index contributed by atoms with van der Waals surface area (Å²) in [6, 6.07) is 4.84. The Morgan fingerprint density at radius 1 is 1.32 bits per heavy atom. The van der Waals surface area contributed by atoms with Crippen molar-refractivity contribution in [3.8, 4) is 5.75 Å². The summed E-state index contributed by atoms with van der Waals surface area (Å²) < 4.78 is 10.2. The molecule has 0 saturated heterocycles. The Balaban J connectivity index is 2.34. The summed E-state index contributed by atoms with van der Waals surface area (Å²) in [4.78, 5) is 11.3. The molecule has 1 rings (SSSR count). The minimum atomic E-state index is -0.429. The molecule has 0 atom stereocenters. The fourth-order valence-electron chi connectivity index (χ4n) is 1.31. The monoisotopic (exact) mass is 302 g/mol. The number of benzene rings is 1. The van der Waals surface area contributed by atoms with Gasteiger partial charge in [-0.25, -0.2) is 4.79 Å². The molecule has 0 heterocycles. The Morgan fingerprint density at radius 3 is 2.79 bits per heavy atom. The zero-order valence-electron chi connectivity index (χ0n) is 10.7. The minimum Gasteiger partial charge on any atom is -0.463 e. The molecule has 0 fully saturated rings. The molecular formula is C14H16Cl2O3. The van der Waals surface area contributed by atoms with Crippen LogP contribution in [0.4, 0.5) is 0 Å². The van der Waals surface area contributed by atoms with Crippen molar-refractivity contribution in [3.05, 3.63) is 40.6 Å². The number of halogens is 2. The SMILES string of the molecule is CCCCCOC(=O)/C=C/Oc1ccc(Cl)cc1Cl. The summed E-state index contributed by atoms with van der Waals surface area (Å²) in [6.45, 7) is 2.52. The van der Waals surface area contributed by atoms with Gasteiger partial charge in [-0.3, -0.25) is 0 Å². The number of hydrogen-bond acceptors (Lipinski definition) is 3. The Kier molecular flexibility index (Phi) is 7.38. The predicted molar refractivity (Wildman–Crippen MR) is 76.7 cm³/mol. The molecule has 1 aromatic rings. The Morgan fingerprint density at radius 2 is 2.11 bits per heavy atom. The third kappa shape index (κ3) is 6.50. The highest BCUT2D eigenvalue weighted by atomic mass is 35.5. The second kappa shape index (κ2) is 8.83. The average molecular weight is 303 g/mol. The standard InChI is InChI=1S/C14H16Cl2O3/c1-2-3-4-8-19-14(17)7-9-18-13-6-5-11(15)10-12(13)16/h5-7,9-10H,2-4,8H2,1H3/b9-7+. The topological polar surface area (TPSA) is 35.5 Å². The molecule has 0 aromatic heterocycles.